The Bertz CT molecular complexity index is 989. The predicted octanol–water partition coefficient (Wildman–Crippen LogP) is 4.63. The molecule has 0 aliphatic heterocycles. The lowest BCUT2D eigenvalue weighted by Crippen LogP contribution is -2.16. The van der Waals surface area contributed by atoms with Crippen molar-refractivity contribution in [1.82, 2.24) is 15.0 Å². The van der Waals surface area contributed by atoms with Crippen LogP contribution in [0.15, 0.2) is 29.8 Å². The van der Waals surface area contributed by atoms with Crippen LogP contribution in [0.1, 0.15) is 44.2 Å². The molecule has 0 unspecified atom stereocenters. The number of aromatic nitrogens is 3. The number of nitrogens with zero attached hydrogens (tertiary/aromatic N) is 3. The van der Waals surface area contributed by atoms with Crippen LogP contribution in [0, 0.1) is 5.92 Å². The minimum absolute atomic E-state index is 0.260. The van der Waals surface area contributed by atoms with Gasteiger partial charge in [0.2, 0.25) is 0 Å². The van der Waals surface area contributed by atoms with E-state index < -0.39 is 0 Å². The van der Waals surface area contributed by atoms with E-state index in [1.54, 1.807) is 17.5 Å². The normalized spacial score (nSPS) is 17.5. The lowest BCUT2D eigenvalue weighted by molar-refractivity contribution is -0.119. The van der Waals surface area contributed by atoms with Crippen LogP contribution in [0.25, 0.3) is 21.6 Å². The van der Waals surface area contributed by atoms with Gasteiger partial charge in [0.1, 0.15) is 11.6 Å². The van der Waals surface area contributed by atoms with Gasteiger partial charge in [0.05, 0.1) is 10.2 Å². The van der Waals surface area contributed by atoms with Crippen molar-refractivity contribution in [2.45, 2.75) is 51.0 Å². The van der Waals surface area contributed by atoms with Gasteiger partial charge in [0, 0.05) is 35.8 Å². The maximum atomic E-state index is 12.1. The highest BCUT2D eigenvalue weighted by Crippen LogP contribution is 2.33. The van der Waals surface area contributed by atoms with Crippen LogP contribution in [0.3, 0.4) is 0 Å². The topological polar surface area (TPSA) is 67.8 Å². The average molecular weight is 379 g/mol. The number of hydrogen-bond acceptors (Lipinski definition) is 6. The molecule has 2 saturated carbocycles. The fourth-order valence-electron chi connectivity index (χ4n) is 3.80. The first-order valence-corrected chi connectivity index (χ1v) is 10.6. The molecule has 138 valence electrons. The number of thiophene rings is 1. The molecule has 0 spiro atoms. The Morgan fingerprint density at radius 1 is 1.15 bits per heavy atom. The fourth-order valence-corrected chi connectivity index (χ4v) is 4.58. The molecule has 5 rings (SSSR count). The number of ketones is 1. The van der Waals surface area contributed by atoms with Crippen molar-refractivity contribution in [3.63, 3.8) is 0 Å². The van der Waals surface area contributed by atoms with Gasteiger partial charge in [0.25, 0.3) is 0 Å². The van der Waals surface area contributed by atoms with Crippen molar-refractivity contribution in [1.29, 1.82) is 0 Å². The molecule has 2 aliphatic carbocycles. The summed E-state index contributed by atoms with van der Waals surface area (Å²) in [5, 5.41) is 5.70. The third kappa shape index (κ3) is 3.58. The smallest absolute Gasteiger partial charge is 0.162 e. The standard InChI is InChI=1S/C21H22N4OS/c26-18(13-5-6-13)12-16-11-14(7-9-22-16)20-24-17-8-10-27-19(17)21(25-20)23-15-3-1-2-4-15/h7-11,13,15H,1-6,12H2,(H,23,24,25). The SMILES string of the molecule is O=C(Cc1cc(-c2nc(NC3CCCC3)c3sccc3n2)ccn1)C1CC1. The highest BCUT2D eigenvalue weighted by atomic mass is 32.1. The van der Waals surface area contributed by atoms with Crippen LogP contribution in [0.5, 0.6) is 0 Å². The molecule has 0 saturated heterocycles. The van der Waals surface area contributed by atoms with E-state index in [2.05, 4.69) is 15.7 Å². The van der Waals surface area contributed by atoms with Gasteiger partial charge in [-0.3, -0.25) is 9.78 Å². The van der Waals surface area contributed by atoms with Gasteiger partial charge in [-0.15, -0.1) is 11.3 Å². The maximum Gasteiger partial charge on any atom is 0.162 e. The van der Waals surface area contributed by atoms with E-state index in [1.807, 2.05) is 18.2 Å². The van der Waals surface area contributed by atoms with Gasteiger partial charge in [0.15, 0.2) is 5.82 Å². The molecular formula is C21H22N4OS. The van der Waals surface area contributed by atoms with Crippen molar-refractivity contribution in [2.24, 2.45) is 5.92 Å². The quantitative estimate of drug-likeness (QED) is 0.677. The second-order valence-corrected chi connectivity index (χ2v) is 8.53. The van der Waals surface area contributed by atoms with Crippen molar-refractivity contribution >= 4 is 33.2 Å². The van der Waals surface area contributed by atoms with Crippen molar-refractivity contribution < 1.29 is 4.79 Å². The second-order valence-electron chi connectivity index (χ2n) is 7.61. The number of nitrogens with one attached hydrogen (secondary N) is 1. The molecule has 0 radical (unpaired) electrons. The summed E-state index contributed by atoms with van der Waals surface area (Å²) in [5.41, 5.74) is 2.70. The Morgan fingerprint density at radius 2 is 2.00 bits per heavy atom. The lowest BCUT2D eigenvalue weighted by Gasteiger charge is -2.14. The van der Waals surface area contributed by atoms with Crippen molar-refractivity contribution in [3.8, 4) is 11.4 Å². The van der Waals surface area contributed by atoms with Gasteiger partial charge in [-0.05, 0) is 49.3 Å². The minimum Gasteiger partial charge on any atom is -0.366 e. The zero-order chi connectivity index (χ0) is 18.2. The Labute approximate surface area is 162 Å². The molecule has 27 heavy (non-hydrogen) atoms. The summed E-state index contributed by atoms with van der Waals surface area (Å²) in [6, 6.07) is 6.44. The molecule has 3 heterocycles. The van der Waals surface area contributed by atoms with E-state index in [9.17, 15) is 4.79 Å². The molecule has 0 bridgehead atoms. The molecule has 1 N–H and O–H groups in total. The Hall–Kier alpha value is -2.34. The number of rotatable bonds is 6. The van der Waals surface area contributed by atoms with Gasteiger partial charge in [-0.2, -0.15) is 0 Å². The van der Waals surface area contributed by atoms with E-state index in [-0.39, 0.29) is 5.92 Å². The van der Waals surface area contributed by atoms with Gasteiger partial charge in [-0.25, -0.2) is 9.97 Å². The van der Waals surface area contributed by atoms with Crippen molar-refractivity contribution in [3.05, 3.63) is 35.5 Å². The van der Waals surface area contributed by atoms with Gasteiger partial charge >= 0.3 is 0 Å². The summed E-state index contributed by atoms with van der Waals surface area (Å²) >= 11 is 1.68. The van der Waals surface area contributed by atoms with Crippen LogP contribution in [0.2, 0.25) is 0 Å². The zero-order valence-electron chi connectivity index (χ0n) is 15.1. The molecule has 0 amide bonds. The molecule has 6 heteroatoms. The highest BCUT2D eigenvalue weighted by Gasteiger charge is 2.29. The van der Waals surface area contributed by atoms with Crippen LogP contribution in [-0.2, 0) is 11.2 Å². The van der Waals surface area contributed by atoms with E-state index in [4.69, 9.17) is 9.97 Å². The van der Waals surface area contributed by atoms with Crippen LogP contribution < -0.4 is 5.32 Å². The second kappa shape index (κ2) is 7.00. The number of carbonyl (C=O) groups excluding carboxylic acids is 1. The third-order valence-corrected chi connectivity index (χ3v) is 6.37. The van der Waals surface area contributed by atoms with E-state index in [0.29, 0.717) is 24.1 Å². The monoisotopic (exact) mass is 378 g/mol. The maximum absolute atomic E-state index is 12.1. The summed E-state index contributed by atoms with van der Waals surface area (Å²) in [6.07, 6.45) is 9.21. The highest BCUT2D eigenvalue weighted by molar-refractivity contribution is 7.17. The zero-order valence-corrected chi connectivity index (χ0v) is 16.0. The first kappa shape index (κ1) is 16.8. The first-order valence-electron chi connectivity index (χ1n) is 9.76. The summed E-state index contributed by atoms with van der Waals surface area (Å²) in [6.45, 7) is 0. The van der Waals surface area contributed by atoms with Gasteiger partial charge < -0.3 is 5.32 Å². The molecule has 0 atom stereocenters. The first-order chi connectivity index (χ1) is 13.3. The molecule has 0 aromatic carbocycles. The minimum atomic E-state index is 0.260. The van der Waals surface area contributed by atoms with E-state index >= 15 is 0 Å². The molecule has 3 aromatic heterocycles. The molecule has 3 aromatic rings. The van der Waals surface area contributed by atoms with Crippen molar-refractivity contribution in [2.75, 3.05) is 5.32 Å². The number of fused-ring (bicyclic) bond motifs is 1. The summed E-state index contributed by atoms with van der Waals surface area (Å²) < 4.78 is 1.11. The molecular weight excluding hydrogens is 356 g/mol. The van der Waals surface area contributed by atoms with Crippen LogP contribution in [0.4, 0.5) is 5.82 Å². The van der Waals surface area contributed by atoms with Gasteiger partial charge in [-0.1, -0.05) is 12.8 Å². The third-order valence-electron chi connectivity index (χ3n) is 5.46. The Kier molecular flexibility index (Phi) is 4.36. The lowest BCUT2D eigenvalue weighted by atomic mass is 10.1. The molecule has 2 aliphatic rings. The molecule has 2 fully saturated rings. The predicted molar refractivity (Wildman–Crippen MR) is 108 cm³/mol. The van der Waals surface area contributed by atoms with E-state index in [1.165, 1.54) is 25.7 Å². The van der Waals surface area contributed by atoms with Crippen LogP contribution >= 0.6 is 11.3 Å². The summed E-state index contributed by atoms with van der Waals surface area (Å²) in [5.74, 6) is 2.20. The fraction of sp³-hybridized carbons (Fsp3) is 0.429. The largest absolute Gasteiger partial charge is 0.366 e. The number of anilines is 1. The molecule has 5 nitrogen and oxygen atoms in total. The Balaban J connectivity index is 1.47. The number of carbonyl (C=O) groups is 1. The summed E-state index contributed by atoms with van der Waals surface area (Å²) in [7, 11) is 0. The Morgan fingerprint density at radius 3 is 2.81 bits per heavy atom. The van der Waals surface area contributed by atoms with Crippen LogP contribution in [-0.4, -0.2) is 26.8 Å². The average Bonchev–Trinajstić information content (AvgIpc) is 3.20. The summed E-state index contributed by atoms with van der Waals surface area (Å²) in [4.78, 5) is 26.1. The number of pyridine rings is 1. The number of Topliss-reactive ketones (excluding diaryl/α,β-unsaturated/α-hetero) is 1. The van der Waals surface area contributed by atoms with E-state index in [0.717, 1.165) is 40.1 Å². The number of hydrogen-bond donors (Lipinski definition) is 1.